The molecule has 3 atom stereocenters. The predicted molar refractivity (Wildman–Crippen MR) is 145 cm³/mol. The van der Waals surface area contributed by atoms with E-state index < -0.39 is 30.4 Å². The number of aromatic nitrogens is 2. The highest BCUT2D eigenvalue weighted by atomic mass is 32.1. The van der Waals surface area contributed by atoms with Gasteiger partial charge in [-0.3, -0.25) is 9.59 Å². The second-order valence-electron chi connectivity index (χ2n) is 9.49. The van der Waals surface area contributed by atoms with Gasteiger partial charge in [0, 0.05) is 36.1 Å². The highest BCUT2D eigenvalue weighted by Crippen LogP contribution is 2.36. The quantitative estimate of drug-likeness (QED) is 0.299. The third-order valence-corrected chi connectivity index (χ3v) is 7.81. The number of fused-ring (bicyclic) bond motifs is 1. The van der Waals surface area contributed by atoms with Gasteiger partial charge in [-0.2, -0.15) is 0 Å². The Morgan fingerprint density at radius 2 is 2.00 bits per heavy atom. The number of halogens is 1. The molecule has 208 valence electrons. The van der Waals surface area contributed by atoms with E-state index in [0.717, 1.165) is 15.3 Å². The highest BCUT2D eigenvalue weighted by molar-refractivity contribution is 7.15. The summed E-state index contributed by atoms with van der Waals surface area (Å²) in [6.07, 6.45) is 2.27. The van der Waals surface area contributed by atoms with Crippen LogP contribution in [0.15, 0.2) is 30.5 Å². The lowest BCUT2D eigenvalue weighted by molar-refractivity contribution is -0.126. The van der Waals surface area contributed by atoms with Crippen molar-refractivity contribution in [1.29, 1.82) is 0 Å². The molecule has 3 aromatic rings. The molecule has 1 aliphatic rings. The number of methoxy groups -OCH3 is 1. The molecular formula is C27H32FN5O5S. The monoisotopic (exact) mass is 557 g/mol. The van der Waals surface area contributed by atoms with Crippen LogP contribution in [0.4, 0.5) is 10.3 Å². The number of aryl methyl sites for hydroxylation is 1. The van der Waals surface area contributed by atoms with Gasteiger partial charge in [0.05, 0.1) is 42.5 Å². The molecule has 2 aromatic heterocycles. The molecule has 0 spiro atoms. The number of anilines is 1. The lowest BCUT2D eigenvalue weighted by Crippen LogP contribution is -2.51. The van der Waals surface area contributed by atoms with Crippen LogP contribution in [-0.4, -0.2) is 75.8 Å². The zero-order chi connectivity index (χ0) is 28.3. The van der Waals surface area contributed by atoms with Crippen LogP contribution in [-0.2, 0) is 11.2 Å². The summed E-state index contributed by atoms with van der Waals surface area (Å²) < 4.78 is 19.1. The third kappa shape index (κ3) is 6.18. The molecule has 1 aromatic carbocycles. The summed E-state index contributed by atoms with van der Waals surface area (Å²) in [6.45, 7) is 5.16. The van der Waals surface area contributed by atoms with Crippen LogP contribution in [0, 0.1) is 12.7 Å². The fourth-order valence-corrected chi connectivity index (χ4v) is 5.55. The summed E-state index contributed by atoms with van der Waals surface area (Å²) in [6, 6.07) is 3.86. The molecular weight excluding hydrogens is 525 g/mol. The predicted octanol–water partition coefficient (Wildman–Crippen LogP) is 2.69. The Bertz CT molecular complexity index is 1370. The van der Waals surface area contributed by atoms with Gasteiger partial charge in [-0.05, 0) is 50.1 Å². The molecule has 0 unspecified atom stereocenters. The van der Waals surface area contributed by atoms with Crippen LogP contribution in [0.1, 0.15) is 46.3 Å². The van der Waals surface area contributed by atoms with Crippen LogP contribution in [0.5, 0.6) is 5.75 Å². The van der Waals surface area contributed by atoms with E-state index in [1.54, 1.807) is 25.3 Å². The first-order valence-corrected chi connectivity index (χ1v) is 13.4. The summed E-state index contributed by atoms with van der Waals surface area (Å²) in [5.41, 5.74) is 2.41. The van der Waals surface area contributed by atoms with Crippen molar-refractivity contribution in [2.24, 2.45) is 0 Å². The number of hydrogen-bond acceptors (Lipinski definition) is 9. The minimum atomic E-state index is -0.871. The maximum atomic E-state index is 14.0. The van der Waals surface area contributed by atoms with Crippen molar-refractivity contribution in [2.45, 2.75) is 45.3 Å². The first kappa shape index (κ1) is 28.4. The maximum Gasteiger partial charge on any atom is 0.255 e. The van der Waals surface area contributed by atoms with E-state index in [4.69, 9.17) is 4.74 Å². The number of carbonyl (C=O) groups excluding carboxylic acids is 2. The SMILES string of the molecule is COc1cc(F)cc([C@@H](CO)NC(=O)[C@@H](C)N2CCc3sc(-c4nc(N[C@@H](C)CO)ncc4C)cc3C2=O)c1. The Balaban J connectivity index is 1.51. The zero-order valence-corrected chi connectivity index (χ0v) is 23.0. The molecule has 0 saturated heterocycles. The van der Waals surface area contributed by atoms with Crippen LogP contribution >= 0.6 is 11.3 Å². The maximum absolute atomic E-state index is 14.0. The molecule has 4 N–H and O–H groups in total. The number of nitrogens with zero attached hydrogens (tertiary/aromatic N) is 3. The molecule has 0 bridgehead atoms. The molecule has 39 heavy (non-hydrogen) atoms. The second kappa shape index (κ2) is 12.1. The van der Waals surface area contributed by atoms with Gasteiger partial charge in [-0.25, -0.2) is 14.4 Å². The van der Waals surface area contributed by atoms with Gasteiger partial charge in [-0.15, -0.1) is 11.3 Å². The molecule has 10 nitrogen and oxygen atoms in total. The normalized spacial score (nSPS) is 15.4. The van der Waals surface area contributed by atoms with Crippen LogP contribution in [0.25, 0.3) is 10.6 Å². The molecule has 3 heterocycles. The Morgan fingerprint density at radius 3 is 2.69 bits per heavy atom. The summed E-state index contributed by atoms with van der Waals surface area (Å²) in [7, 11) is 1.40. The second-order valence-corrected chi connectivity index (χ2v) is 10.6. The van der Waals surface area contributed by atoms with E-state index in [0.29, 0.717) is 35.7 Å². The number of rotatable bonds is 10. The highest BCUT2D eigenvalue weighted by Gasteiger charge is 2.34. The zero-order valence-electron chi connectivity index (χ0n) is 22.2. The number of amides is 2. The number of carbonyl (C=O) groups is 2. The molecule has 0 radical (unpaired) electrons. The van der Waals surface area contributed by atoms with E-state index in [1.165, 1.54) is 35.5 Å². The van der Waals surface area contributed by atoms with Crippen molar-refractivity contribution in [2.75, 3.05) is 32.2 Å². The summed E-state index contributed by atoms with van der Waals surface area (Å²) >= 11 is 1.48. The minimum absolute atomic E-state index is 0.0640. The van der Waals surface area contributed by atoms with Gasteiger partial charge in [0.2, 0.25) is 11.9 Å². The Hall–Kier alpha value is -3.61. The molecule has 1 aliphatic heterocycles. The Morgan fingerprint density at radius 1 is 1.23 bits per heavy atom. The number of aliphatic hydroxyl groups excluding tert-OH is 2. The lowest BCUT2D eigenvalue weighted by Gasteiger charge is -2.32. The molecule has 0 fully saturated rings. The average molecular weight is 558 g/mol. The summed E-state index contributed by atoms with van der Waals surface area (Å²) in [4.78, 5) is 38.7. The van der Waals surface area contributed by atoms with Crippen molar-refractivity contribution in [3.63, 3.8) is 0 Å². The first-order valence-electron chi connectivity index (χ1n) is 12.6. The van der Waals surface area contributed by atoms with Crippen molar-refractivity contribution < 1.29 is 28.9 Å². The molecule has 0 aliphatic carbocycles. The standard InChI is InChI=1S/C27H32FN5O5S/c1-14-11-29-27(30-15(2)12-34)32-24(14)23-10-20-22(39-23)5-6-33(26(20)37)16(3)25(36)31-21(13-35)17-7-18(28)9-19(8-17)38-4/h7-11,15-16,21,34-35H,5-6,12-13H2,1-4H3,(H,31,36)(H,29,30,32)/t15-,16+,21+/m0/s1. The van der Waals surface area contributed by atoms with Gasteiger partial charge in [0.15, 0.2) is 0 Å². The van der Waals surface area contributed by atoms with Gasteiger partial charge >= 0.3 is 0 Å². The number of ether oxygens (including phenoxy) is 1. The van der Waals surface area contributed by atoms with E-state index >= 15 is 0 Å². The lowest BCUT2D eigenvalue weighted by atomic mass is 10.0. The van der Waals surface area contributed by atoms with Crippen LogP contribution in [0.3, 0.4) is 0 Å². The topological polar surface area (TPSA) is 137 Å². The number of hydrogen-bond donors (Lipinski definition) is 4. The van der Waals surface area contributed by atoms with Crippen molar-refractivity contribution in [3.05, 3.63) is 57.8 Å². The van der Waals surface area contributed by atoms with Crippen molar-refractivity contribution in [3.8, 4) is 16.3 Å². The minimum Gasteiger partial charge on any atom is -0.497 e. The van der Waals surface area contributed by atoms with Gasteiger partial charge in [-0.1, -0.05) is 0 Å². The van der Waals surface area contributed by atoms with E-state index in [-0.39, 0.29) is 24.3 Å². The van der Waals surface area contributed by atoms with Crippen molar-refractivity contribution >= 4 is 29.1 Å². The molecule has 12 heteroatoms. The van der Waals surface area contributed by atoms with Gasteiger partial charge < -0.3 is 30.5 Å². The van der Waals surface area contributed by atoms with Crippen LogP contribution in [0.2, 0.25) is 0 Å². The third-order valence-electron chi connectivity index (χ3n) is 6.61. The Labute approximate surface area is 229 Å². The number of aliphatic hydroxyl groups is 2. The van der Waals surface area contributed by atoms with Crippen LogP contribution < -0.4 is 15.4 Å². The fourth-order valence-electron chi connectivity index (χ4n) is 4.36. The van der Waals surface area contributed by atoms with Crippen molar-refractivity contribution in [1.82, 2.24) is 20.2 Å². The number of benzene rings is 1. The van der Waals surface area contributed by atoms with Gasteiger partial charge in [0.1, 0.15) is 17.6 Å². The molecule has 0 saturated carbocycles. The van der Waals surface area contributed by atoms with Gasteiger partial charge in [0.25, 0.3) is 5.91 Å². The number of thiophene rings is 1. The first-order chi connectivity index (χ1) is 18.6. The van der Waals surface area contributed by atoms with E-state index in [9.17, 15) is 24.2 Å². The smallest absolute Gasteiger partial charge is 0.255 e. The molecule has 4 rings (SSSR count). The summed E-state index contributed by atoms with van der Waals surface area (Å²) in [5, 5.41) is 25.0. The molecule has 2 amide bonds. The summed E-state index contributed by atoms with van der Waals surface area (Å²) in [5.74, 6) is -0.640. The fraction of sp³-hybridized carbons (Fsp3) is 0.407. The average Bonchev–Trinajstić information content (AvgIpc) is 3.37. The van der Waals surface area contributed by atoms with E-state index in [1.807, 2.05) is 13.8 Å². The number of nitrogens with one attached hydrogen (secondary N) is 2. The largest absolute Gasteiger partial charge is 0.497 e. The van der Waals surface area contributed by atoms with E-state index in [2.05, 4.69) is 20.6 Å². The Kier molecular flexibility index (Phi) is 8.78.